The molecule has 2 atom stereocenters. The molecule has 3 fully saturated rings. The first-order valence-corrected chi connectivity index (χ1v) is 26.0. The molecule has 7 aromatic rings. The van der Waals surface area contributed by atoms with E-state index in [1.807, 2.05) is 110 Å². The molecule has 2 saturated heterocycles. The van der Waals surface area contributed by atoms with Crippen LogP contribution in [0.5, 0.6) is 5.75 Å². The van der Waals surface area contributed by atoms with Crippen molar-refractivity contribution in [1.29, 1.82) is 0 Å². The maximum absolute atomic E-state index is 13.7. The van der Waals surface area contributed by atoms with Crippen LogP contribution >= 0.6 is 11.3 Å². The molecule has 3 aromatic heterocycles. The van der Waals surface area contributed by atoms with Crippen molar-refractivity contribution in [2.45, 2.75) is 77.2 Å². The minimum absolute atomic E-state index is 0.0422. The molecule has 4 aliphatic rings. The van der Waals surface area contributed by atoms with Gasteiger partial charge in [-0.25, -0.2) is 14.8 Å². The van der Waals surface area contributed by atoms with Crippen molar-refractivity contribution in [1.82, 2.24) is 30.0 Å². The number of likely N-dealkylation sites (tertiary alicyclic amines) is 1. The number of ether oxygens (including phenoxy) is 1. The summed E-state index contributed by atoms with van der Waals surface area (Å²) in [4.78, 5) is 77.7. The minimum atomic E-state index is -1.12. The van der Waals surface area contributed by atoms with Crippen molar-refractivity contribution in [3.8, 4) is 16.9 Å². The SMILES string of the molecule is Cc1c(OCC[C@H]2CCC3(CCN(CC(=O)Nc4ccc5c(C6CCC(=O)NC6=O)nn(C)c5c4)CC3)C2)cccc1-c1ccc(N2CCc3cccc(C(=O)Nc4nc5ccccc5s4)c3C2)nc1C(=O)O. The van der Waals surface area contributed by atoms with Gasteiger partial charge in [0.15, 0.2) is 10.8 Å². The molecular formula is C56H57N9O7S. The van der Waals surface area contributed by atoms with Crippen molar-refractivity contribution in [3.05, 3.63) is 125 Å². The lowest BCUT2D eigenvalue weighted by Gasteiger charge is -2.39. The first-order valence-electron chi connectivity index (χ1n) is 25.2. The number of hydrogen-bond acceptors (Lipinski definition) is 12. The van der Waals surface area contributed by atoms with E-state index in [0.29, 0.717) is 78.5 Å². The number of hydrogen-bond donors (Lipinski definition) is 4. The molecular weight excluding hydrogens is 943 g/mol. The van der Waals surface area contributed by atoms with Gasteiger partial charge in [0.05, 0.1) is 40.5 Å². The zero-order valence-corrected chi connectivity index (χ0v) is 41.7. The van der Waals surface area contributed by atoms with Gasteiger partial charge in [0.1, 0.15) is 11.6 Å². The van der Waals surface area contributed by atoms with Crippen LogP contribution in [0.15, 0.2) is 91.0 Å². The van der Waals surface area contributed by atoms with Crippen LogP contribution in [0.3, 0.4) is 0 Å². The fraction of sp³-hybridized carbons (Fsp3) is 0.357. The molecule has 6 heterocycles. The number of carboxylic acids is 1. The monoisotopic (exact) mass is 999 g/mol. The van der Waals surface area contributed by atoms with E-state index in [1.165, 1.54) is 17.8 Å². The van der Waals surface area contributed by atoms with Gasteiger partial charge in [-0.2, -0.15) is 5.10 Å². The highest BCUT2D eigenvalue weighted by molar-refractivity contribution is 7.22. The summed E-state index contributed by atoms with van der Waals surface area (Å²) in [6.07, 6.45) is 7.86. The van der Waals surface area contributed by atoms with Crippen molar-refractivity contribution >= 4 is 78.7 Å². The Hall–Kier alpha value is -7.50. The topological polar surface area (TPSA) is 201 Å². The van der Waals surface area contributed by atoms with Crippen LogP contribution < -0.4 is 25.6 Å². The number of pyridine rings is 1. The maximum atomic E-state index is 13.7. The quantitative estimate of drug-likeness (QED) is 0.0801. The normalized spacial score (nSPS) is 18.7. The smallest absolute Gasteiger partial charge is 0.355 e. The van der Waals surface area contributed by atoms with Gasteiger partial charge in [-0.3, -0.25) is 39.4 Å². The average Bonchev–Trinajstić information content (AvgIpc) is 4.09. The second-order valence-electron chi connectivity index (χ2n) is 20.2. The number of anilines is 3. The summed E-state index contributed by atoms with van der Waals surface area (Å²) >= 11 is 1.43. The molecule has 73 heavy (non-hydrogen) atoms. The second kappa shape index (κ2) is 19.8. The molecule has 4 N–H and O–H groups in total. The minimum Gasteiger partial charge on any atom is -0.493 e. The number of piperidine rings is 2. The number of para-hydroxylation sites is 1. The molecule has 17 heteroatoms. The number of carboxylic acid groups (broad SMARTS) is 1. The predicted molar refractivity (Wildman–Crippen MR) is 280 cm³/mol. The number of aromatic carboxylic acids is 1. The number of nitrogens with zero attached hydrogens (tertiary/aromatic N) is 6. The van der Waals surface area contributed by atoms with Crippen LogP contribution in [-0.2, 0) is 34.4 Å². The van der Waals surface area contributed by atoms with E-state index < -0.39 is 11.9 Å². The third-order valence-electron chi connectivity index (χ3n) is 15.6. The number of carbonyl (C=O) groups is 5. The Morgan fingerprint density at radius 1 is 0.890 bits per heavy atom. The number of imide groups is 1. The highest BCUT2D eigenvalue weighted by atomic mass is 32.1. The number of aryl methyl sites for hydroxylation is 1. The highest BCUT2D eigenvalue weighted by Crippen LogP contribution is 2.50. The van der Waals surface area contributed by atoms with Gasteiger partial charge in [0, 0.05) is 48.8 Å². The van der Waals surface area contributed by atoms with E-state index in [2.05, 4.69) is 30.9 Å². The molecule has 0 radical (unpaired) electrons. The van der Waals surface area contributed by atoms with Crippen LogP contribution in [0.4, 0.5) is 16.6 Å². The van der Waals surface area contributed by atoms with Gasteiger partial charge in [-0.1, -0.05) is 47.7 Å². The third-order valence-corrected chi connectivity index (χ3v) is 16.6. The Bertz CT molecular complexity index is 3310. The molecule has 11 rings (SSSR count). The van der Waals surface area contributed by atoms with Gasteiger partial charge < -0.3 is 20.1 Å². The number of rotatable bonds is 13. The Morgan fingerprint density at radius 3 is 2.55 bits per heavy atom. The number of thiazole rings is 1. The third kappa shape index (κ3) is 9.78. The van der Waals surface area contributed by atoms with Gasteiger partial charge in [0.2, 0.25) is 17.7 Å². The predicted octanol–water partition coefficient (Wildman–Crippen LogP) is 8.88. The number of aromatic nitrogens is 4. The molecule has 374 valence electrons. The summed E-state index contributed by atoms with van der Waals surface area (Å²) in [5.74, 6) is -0.711. The van der Waals surface area contributed by atoms with Crippen LogP contribution in [-0.4, -0.2) is 92.1 Å². The summed E-state index contributed by atoms with van der Waals surface area (Å²) in [5.41, 5.74) is 7.82. The van der Waals surface area contributed by atoms with Crippen molar-refractivity contribution in [2.24, 2.45) is 18.4 Å². The summed E-state index contributed by atoms with van der Waals surface area (Å²) < 4.78 is 9.16. The van der Waals surface area contributed by atoms with E-state index in [-0.39, 0.29) is 41.2 Å². The summed E-state index contributed by atoms with van der Waals surface area (Å²) in [5, 5.41) is 25.0. The van der Waals surface area contributed by atoms with Gasteiger partial charge in [-0.05, 0) is 160 Å². The Labute approximate surface area is 426 Å². The summed E-state index contributed by atoms with van der Waals surface area (Å²) in [6, 6.07) is 28.6. The standard InChI is InChI=1S/C56H57N9O7S/c1-33-37(38-15-17-47(59-51(38)54(70)71)65-25-20-35-7-5-9-39(42(35)31-65)52(68)61-55-58-43-10-3-4-12-46(43)73-55)8-6-11-45(33)72-28-21-34-19-22-56(30-34)23-26-64(27-24-56)32-49(67)57-36-13-14-40-44(29-36)63(2)62-50(40)41-16-18-48(66)60-53(41)69/h3-15,17,29,34,41H,16,18-28,30-32H2,1-2H3,(H,57,67)(H,70,71)(H,58,61,68)(H,60,66,69)/t34-,41?/m1/s1. The lowest BCUT2D eigenvalue weighted by atomic mass is 9.76. The fourth-order valence-electron chi connectivity index (χ4n) is 11.7. The Balaban J connectivity index is 0.672. The second-order valence-corrected chi connectivity index (χ2v) is 21.2. The van der Waals surface area contributed by atoms with Gasteiger partial charge >= 0.3 is 5.97 Å². The molecule has 16 nitrogen and oxygen atoms in total. The maximum Gasteiger partial charge on any atom is 0.355 e. The molecule has 4 amide bonds. The van der Waals surface area contributed by atoms with Crippen molar-refractivity contribution < 1.29 is 33.8 Å². The zero-order chi connectivity index (χ0) is 50.4. The molecule has 3 aliphatic heterocycles. The van der Waals surface area contributed by atoms with Crippen molar-refractivity contribution in [2.75, 3.05) is 48.3 Å². The van der Waals surface area contributed by atoms with E-state index in [9.17, 15) is 29.1 Å². The van der Waals surface area contributed by atoms with Crippen LogP contribution in [0.2, 0.25) is 0 Å². The first-order chi connectivity index (χ1) is 35.4. The first kappa shape index (κ1) is 47.8. The van der Waals surface area contributed by atoms with E-state index in [0.717, 1.165) is 94.3 Å². The number of fused-ring (bicyclic) bond motifs is 3. The van der Waals surface area contributed by atoms with Crippen molar-refractivity contribution in [3.63, 3.8) is 0 Å². The van der Waals surface area contributed by atoms with Crippen LogP contribution in [0.25, 0.3) is 32.2 Å². The lowest BCUT2D eigenvalue weighted by molar-refractivity contribution is -0.134. The number of amides is 4. The molecule has 1 unspecified atom stereocenters. The van der Waals surface area contributed by atoms with E-state index in [1.54, 1.807) is 4.68 Å². The van der Waals surface area contributed by atoms with Gasteiger partial charge in [-0.15, -0.1) is 0 Å². The average molecular weight is 1000 g/mol. The molecule has 1 aliphatic carbocycles. The van der Waals surface area contributed by atoms with E-state index in [4.69, 9.17) is 9.72 Å². The highest BCUT2D eigenvalue weighted by Gasteiger charge is 2.41. The summed E-state index contributed by atoms with van der Waals surface area (Å²) in [7, 11) is 1.81. The molecule has 0 bridgehead atoms. The Kier molecular flexibility index (Phi) is 13.0. The molecule has 1 saturated carbocycles. The van der Waals surface area contributed by atoms with Crippen LogP contribution in [0.1, 0.15) is 101 Å². The number of benzene rings is 4. The number of carbonyl (C=O) groups excluding carboxylic acids is 4. The zero-order valence-electron chi connectivity index (χ0n) is 40.9. The van der Waals surface area contributed by atoms with Crippen LogP contribution in [0, 0.1) is 18.3 Å². The molecule has 1 spiro atoms. The fourth-order valence-corrected chi connectivity index (χ4v) is 12.5. The lowest BCUT2D eigenvalue weighted by Crippen LogP contribution is -2.42. The largest absolute Gasteiger partial charge is 0.493 e. The Morgan fingerprint density at radius 2 is 1.73 bits per heavy atom. The molecule has 4 aromatic carbocycles. The van der Waals surface area contributed by atoms with E-state index >= 15 is 0 Å². The summed E-state index contributed by atoms with van der Waals surface area (Å²) in [6.45, 7) is 5.59. The number of nitrogens with one attached hydrogen (secondary N) is 3. The van der Waals surface area contributed by atoms with Gasteiger partial charge in [0.25, 0.3) is 5.91 Å².